The van der Waals surface area contributed by atoms with Crippen LogP contribution in [0.5, 0.6) is 5.75 Å². The minimum atomic E-state index is -3.33. The maximum absolute atomic E-state index is 12.3. The van der Waals surface area contributed by atoms with Gasteiger partial charge < -0.3 is 14.8 Å². The van der Waals surface area contributed by atoms with Gasteiger partial charge in [0.25, 0.3) is 5.91 Å². The number of hydrogen-bond donors (Lipinski definition) is 1. The van der Waals surface area contributed by atoms with E-state index >= 15 is 0 Å². The van der Waals surface area contributed by atoms with Gasteiger partial charge in [-0.1, -0.05) is 0 Å². The molecule has 0 radical (unpaired) electrons. The summed E-state index contributed by atoms with van der Waals surface area (Å²) in [6.07, 6.45) is 2.56. The summed E-state index contributed by atoms with van der Waals surface area (Å²) in [6.45, 7) is 3.48. The van der Waals surface area contributed by atoms with Crippen molar-refractivity contribution in [3.63, 3.8) is 0 Å². The van der Waals surface area contributed by atoms with E-state index in [9.17, 15) is 13.2 Å². The Kier molecular flexibility index (Phi) is 6.80. The first-order valence-electron chi connectivity index (χ1n) is 8.30. The molecular weight excluding hydrogens is 344 g/mol. The number of sulfonamides is 1. The summed E-state index contributed by atoms with van der Waals surface area (Å²) >= 11 is 0. The van der Waals surface area contributed by atoms with Crippen LogP contribution < -0.4 is 10.1 Å². The van der Waals surface area contributed by atoms with Gasteiger partial charge in [0.1, 0.15) is 5.75 Å². The number of carbonyl (C=O) groups excluding carboxylic acids is 1. The van der Waals surface area contributed by atoms with Gasteiger partial charge in [-0.3, -0.25) is 4.79 Å². The Bertz CT molecular complexity index is 699. The molecule has 1 aromatic carbocycles. The predicted octanol–water partition coefficient (Wildman–Crippen LogP) is 1.17. The van der Waals surface area contributed by atoms with Gasteiger partial charge in [-0.25, -0.2) is 8.42 Å². The summed E-state index contributed by atoms with van der Waals surface area (Å²) in [5, 5.41) is 2.80. The number of rotatable bonds is 7. The summed E-state index contributed by atoms with van der Waals surface area (Å²) in [6, 6.07) is 5.16. The van der Waals surface area contributed by atoms with Gasteiger partial charge >= 0.3 is 0 Å². The van der Waals surface area contributed by atoms with E-state index in [1.165, 1.54) is 10.6 Å². The van der Waals surface area contributed by atoms with Gasteiger partial charge in [0.05, 0.1) is 13.4 Å². The second kappa shape index (κ2) is 8.64. The lowest BCUT2D eigenvalue weighted by Crippen LogP contribution is -2.46. The second-order valence-corrected chi connectivity index (χ2v) is 8.09. The van der Waals surface area contributed by atoms with E-state index in [1.54, 1.807) is 25.3 Å². The van der Waals surface area contributed by atoms with E-state index < -0.39 is 10.0 Å². The van der Waals surface area contributed by atoms with Crippen LogP contribution >= 0.6 is 0 Å². The zero-order valence-corrected chi connectivity index (χ0v) is 15.8. The molecule has 1 saturated heterocycles. The number of ether oxygens (including phenoxy) is 2. The second-order valence-electron chi connectivity index (χ2n) is 6.15. The number of amides is 1. The molecule has 7 nitrogen and oxygen atoms in total. The third-order valence-electron chi connectivity index (χ3n) is 4.32. The standard InChI is InChI=1S/C17H26N2O5S/c1-13-12-15(23-2)4-5-16(13)17(20)18-8-9-19(25(3,21)22)14-6-10-24-11-7-14/h4-5,12,14H,6-11H2,1-3H3,(H,18,20). The first-order valence-corrected chi connectivity index (χ1v) is 10.1. The van der Waals surface area contributed by atoms with Crippen molar-refractivity contribution in [3.05, 3.63) is 29.3 Å². The van der Waals surface area contributed by atoms with Gasteiger partial charge in [-0.2, -0.15) is 4.31 Å². The molecule has 2 rings (SSSR count). The quantitative estimate of drug-likeness (QED) is 0.779. The molecule has 25 heavy (non-hydrogen) atoms. The summed E-state index contributed by atoms with van der Waals surface area (Å²) < 4.78 is 36.0. The van der Waals surface area contributed by atoms with Crippen LogP contribution in [0.15, 0.2) is 18.2 Å². The van der Waals surface area contributed by atoms with Gasteiger partial charge in [-0.05, 0) is 43.5 Å². The first-order chi connectivity index (χ1) is 11.8. The number of methoxy groups -OCH3 is 1. The molecule has 0 saturated carbocycles. The van der Waals surface area contributed by atoms with Gasteiger partial charge in [0.2, 0.25) is 10.0 Å². The molecule has 0 spiro atoms. The molecule has 0 unspecified atom stereocenters. The molecule has 1 heterocycles. The molecular formula is C17H26N2O5S. The number of benzene rings is 1. The minimum absolute atomic E-state index is 0.0663. The first kappa shape index (κ1) is 19.7. The van der Waals surface area contributed by atoms with Crippen molar-refractivity contribution in [2.24, 2.45) is 0 Å². The SMILES string of the molecule is COc1ccc(C(=O)NCCN(C2CCOCC2)S(C)(=O)=O)c(C)c1. The summed E-state index contributed by atoms with van der Waals surface area (Å²) in [4.78, 5) is 12.3. The molecule has 1 aliphatic heterocycles. The van der Waals surface area contributed by atoms with Crippen molar-refractivity contribution in [2.45, 2.75) is 25.8 Å². The maximum atomic E-state index is 12.3. The highest BCUT2D eigenvalue weighted by Crippen LogP contribution is 2.18. The van der Waals surface area contributed by atoms with E-state index in [0.29, 0.717) is 37.4 Å². The van der Waals surface area contributed by atoms with Crippen LogP contribution in [-0.2, 0) is 14.8 Å². The van der Waals surface area contributed by atoms with Crippen molar-refractivity contribution >= 4 is 15.9 Å². The Morgan fingerprint density at radius 1 is 1.36 bits per heavy atom. The zero-order valence-electron chi connectivity index (χ0n) is 14.9. The highest BCUT2D eigenvalue weighted by Gasteiger charge is 2.28. The van der Waals surface area contributed by atoms with Gasteiger partial charge in [-0.15, -0.1) is 0 Å². The fourth-order valence-corrected chi connectivity index (χ4v) is 4.16. The number of nitrogens with one attached hydrogen (secondary N) is 1. The van der Waals surface area contributed by atoms with Crippen LogP contribution in [0.2, 0.25) is 0 Å². The Hall–Kier alpha value is -1.64. The molecule has 0 bridgehead atoms. The van der Waals surface area contributed by atoms with Crippen LogP contribution in [0.25, 0.3) is 0 Å². The van der Waals surface area contributed by atoms with E-state index in [2.05, 4.69) is 5.32 Å². The fraction of sp³-hybridized carbons (Fsp3) is 0.588. The monoisotopic (exact) mass is 370 g/mol. The van der Waals surface area contributed by atoms with Crippen molar-refractivity contribution in [2.75, 3.05) is 39.7 Å². The van der Waals surface area contributed by atoms with Crippen molar-refractivity contribution in [1.29, 1.82) is 0 Å². The third-order valence-corrected chi connectivity index (χ3v) is 5.65. The van der Waals surface area contributed by atoms with Crippen LogP contribution in [0.1, 0.15) is 28.8 Å². The lowest BCUT2D eigenvalue weighted by Gasteiger charge is -2.32. The molecule has 0 aliphatic carbocycles. The van der Waals surface area contributed by atoms with Crippen molar-refractivity contribution < 1.29 is 22.7 Å². The Balaban J connectivity index is 1.96. The minimum Gasteiger partial charge on any atom is -0.497 e. The number of nitrogens with zero attached hydrogens (tertiary/aromatic N) is 1. The average Bonchev–Trinajstić information content (AvgIpc) is 2.58. The van der Waals surface area contributed by atoms with E-state index in [0.717, 1.165) is 5.56 Å². The van der Waals surface area contributed by atoms with E-state index in [-0.39, 0.29) is 25.0 Å². The average molecular weight is 370 g/mol. The zero-order chi connectivity index (χ0) is 18.4. The molecule has 1 amide bonds. The van der Waals surface area contributed by atoms with Crippen LogP contribution in [0, 0.1) is 6.92 Å². The molecule has 1 aliphatic rings. The van der Waals surface area contributed by atoms with E-state index in [1.807, 2.05) is 6.92 Å². The molecule has 140 valence electrons. The number of hydrogen-bond acceptors (Lipinski definition) is 5. The van der Waals surface area contributed by atoms with Crippen LogP contribution in [0.4, 0.5) is 0 Å². The fourth-order valence-electron chi connectivity index (χ4n) is 2.99. The summed E-state index contributed by atoms with van der Waals surface area (Å²) in [5.74, 6) is 0.470. The van der Waals surface area contributed by atoms with Gasteiger partial charge in [0.15, 0.2) is 0 Å². The van der Waals surface area contributed by atoms with Crippen molar-refractivity contribution in [1.82, 2.24) is 9.62 Å². The van der Waals surface area contributed by atoms with E-state index in [4.69, 9.17) is 9.47 Å². The highest BCUT2D eigenvalue weighted by molar-refractivity contribution is 7.88. The molecule has 1 fully saturated rings. The summed E-state index contributed by atoms with van der Waals surface area (Å²) in [7, 11) is -1.76. The van der Waals surface area contributed by atoms with Crippen molar-refractivity contribution in [3.8, 4) is 5.75 Å². The smallest absolute Gasteiger partial charge is 0.251 e. The van der Waals surface area contributed by atoms with Gasteiger partial charge in [0, 0.05) is 37.9 Å². The topological polar surface area (TPSA) is 84.9 Å². The third kappa shape index (κ3) is 5.42. The molecule has 0 aromatic heterocycles. The molecule has 1 aromatic rings. The predicted molar refractivity (Wildman–Crippen MR) is 95.5 cm³/mol. The summed E-state index contributed by atoms with van der Waals surface area (Å²) in [5.41, 5.74) is 1.36. The molecule has 0 atom stereocenters. The number of aryl methyl sites for hydroxylation is 1. The Morgan fingerprint density at radius 2 is 2.04 bits per heavy atom. The molecule has 1 N–H and O–H groups in total. The largest absolute Gasteiger partial charge is 0.497 e. The highest BCUT2D eigenvalue weighted by atomic mass is 32.2. The maximum Gasteiger partial charge on any atom is 0.251 e. The number of carbonyl (C=O) groups is 1. The Labute approximate surface area is 149 Å². The molecule has 8 heteroatoms. The lowest BCUT2D eigenvalue weighted by molar-refractivity contribution is 0.0585. The lowest BCUT2D eigenvalue weighted by atomic mass is 10.1. The Morgan fingerprint density at radius 3 is 2.60 bits per heavy atom. The van der Waals surface area contributed by atoms with Crippen LogP contribution in [0.3, 0.4) is 0 Å². The van der Waals surface area contributed by atoms with Crippen LogP contribution in [-0.4, -0.2) is 64.3 Å². The normalized spacial score (nSPS) is 16.0.